The highest BCUT2D eigenvalue weighted by Gasteiger charge is 2.17. The molecule has 2 aromatic carbocycles. The predicted octanol–water partition coefficient (Wildman–Crippen LogP) is 4.44. The summed E-state index contributed by atoms with van der Waals surface area (Å²) in [5.41, 5.74) is 1.27. The molecule has 31 heavy (non-hydrogen) atoms. The van der Waals surface area contributed by atoms with Gasteiger partial charge in [0.1, 0.15) is 5.82 Å². The molecule has 0 fully saturated rings. The zero-order valence-corrected chi connectivity index (χ0v) is 18.3. The molecule has 3 aromatic rings. The van der Waals surface area contributed by atoms with E-state index in [-0.39, 0.29) is 11.5 Å². The number of hydrogen-bond donors (Lipinski definition) is 1. The number of carbonyl (C=O) groups is 1. The highest BCUT2D eigenvalue weighted by atomic mass is 35.5. The number of fused-ring (bicyclic) bond motifs is 2. The van der Waals surface area contributed by atoms with E-state index >= 15 is 0 Å². The van der Waals surface area contributed by atoms with E-state index in [1.54, 1.807) is 34.9 Å². The number of amides is 1. The summed E-state index contributed by atoms with van der Waals surface area (Å²) >= 11 is 6.29. The summed E-state index contributed by atoms with van der Waals surface area (Å²) in [6, 6.07) is 8.14. The van der Waals surface area contributed by atoms with E-state index in [9.17, 15) is 9.59 Å². The smallest absolute Gasteiger partial charge is 0.261 e. The van der Waals surface area contributed by atoms with Crippen LogP contribution in [0.3, 0.4) is 0 Å². The molecule has 2 heterocycles. The van der Waals surface area contributed by atoms with Gasteiger partial charge in [0.25, 0.3) is 11.5 Å². The average Bonchev–Trinajstić information content (AvgIpc) is 2.75. The van der Waals surface area contributed by atoms with Crippen molar-refractivity contribution in [2.24, 2.45) is 0 Å². The van der Waals surface area contributed by atoms with Crippen LogP contribution < -0.4 is 20.3 Å². The highest BCUT2D eigenvalue weighted by Crippen LogP contribution is 2.36. The molecule has 7 nitrogen and oxygen atoms in total. The molecule has 0 aliphatic carbocycles. The Kier molecular flexibility index (Phi) is 6.13. The lowest BCUT2D eigenvalue weighted by Gasteiger charge is -2.16. The molecular weight excluding hydrogens is 418 g/mol. The number of ether oxygens (including phenoxy) is 2. The molecule has 1 aliphatic heterocycles. The minimum absolute atomic E-state index is 0.0446. The van der Waals surface area contributed by atoms with Gasteiger partial charge >= 0.3 is 0 Å². The fourth-order valence-corrected chi connectivity index (χ4v) is 4.08. The average molecular weight is 442 g/mol. The van der Waals surface area contributed by atoms with E-state index in [0.717, 1.165) is 37.9 Å². The molecule has 0 radical (unpaired) electrons. The second-order valence-corrected chi connectivity index (χ2v) is 7.93. The van der Waals surface area contributed by atoms with Gasteiger partial charge in [0, 0.05) is 30.7 Å². The van der Waals surface area contributed by atoms with Crippen molar-refractivity contribution in [2.45, 2.75) is 38.6 Å². The monoisotopic (exact) mass is 441 g/mol. The molecule has 0 saturated carbocycles. The Labute approximate surface area is 185 Å². The number of methoxy groups -OCH3 is 2. The van der Waals surface area contributed by atoms with Crippen LogP contribution in [0.5, 0.6) is 11.5 Å². The van der Waals surface area contributed by atoms with Gasteiger partial charge in [-0.1, -0.05) is 24.4 Å². The second kappa shape index (κ2) is 8.98. The van der Waals surface area contributed by atoms with Crippen molar-refractivity contribution in [3.63, 3.8) is 0 Å². The van der Waals surface area contributed by atoms with Crippen molar-refractivity contribution in [1.82, 2.24) is 9.55 Å². The number of anilines is 1. The van der Waals surface area contributed by atoms with Gasteiger partial charge in [0.05, 0.1) is 35.8 Å². The number of hydrogen-bond acceptors (Lipinski definition) is 5. The van der Waals surface area contributed by atoms with E-state index in [2.05, 4.69) is 5.32 Å². The summed E-state index contributed by atoms with van der Waals surface area (Å²) in [7, 11) is 3.02. The summed E-state index contributed by atoms with van der Waals surface area (Å²) in [5, 5.41) is 3.64. The Hall–Kier alpha value is -3.06. The number of aromatic nitrogens is 2. The zero-order valence-electron chi connectivity index (χ0n) is 17.5. The third-order valence-electron chi connectivity index (χ3n) is 5.55. The Balaban J connectivity index is 1.68. The molecule has 1 aromatic heterocycles. The lowest BCUT2D eigenvalue weighted by atomic mass is 10.1. The molecule has 162 valence electrons. The number of carbonyl (C=O) groups excluding carboxylic acids is 1. The van der Waals surface area contributed by atoms with Crippen molar-refractivity contribution in [3.8, 4) is 11.5 Å². The van der Waals surface area contributed by atoms with Crippen molar-refractivity contribution < 1.29 is 14.3 Å². The largest absolute Gasteiger partial charge is 0.493 e. The Morgan fingerprint density at radius 3 is 2.58 bits per heavy atom. The van der Waals surface area contributed by atoms with Crippen LogP contribution in [0.2, 0.25) is 5.02 Å². The normalized spacial score (nSPS) is 13.8. The predicted molar refractivity (Wildman–Crippen MR) is 121 cm³/mol. The summed E-state index contributed by atoms with van der Waals surface area (Å²) in [4.78, 5) is 30.6. The molecule has 1 amide bonds. The molecule has 4 rings (SSSR count). The molecule has 1 N–H and O–H groups in total. The van der Waals surface area contributed by atoms with E-state index in [1.807, 2.05) is 0 Å². The van der Waals surface area contributed by atoms with Crippen molar-refractivity contribution in [3.05, 3.63) is 57.1 Å². The Bertz CT molecular complexity index is 1210. The minimum atomic E-state index is -0.357. The van der Waals surface area contributed by atoms with E-state index in [0.29, 0.717) is 45.2 Å². The van der Waals surface area contributed by atoms with Crippen LogP contribution in [0.4, 0.5) is 5.69 Å². The number of aryl methyl sites for hydroxylation is 1. The molecular formula is C23H24ClN3O4. The zero-order chi connectivity index (χ0) is 22.0. The first-order chi connectivity index (χ1) is 15.0. The van der Waals surface area contributed by atoms with Crippen LogP contribution in [-0.2, 0) is 13.0 Å². The van der Waals surface area contributed by atoms with E-state index in [1.165, 1.54) is 14.2 Å². The molecule has 0 saturated heterocycles. The number of nitrogens with one attached hydrogen (secondary N) is 1. The van der Waals surface area contributed by atoms with E-state index < -0.39 is 0 Å². The third kappa shape index (κ3) is 4.23. The summed E-state index contributed by atoms with van der Waals surface area (Å²) in [6.45, 7) is 0.692. The topological polar surface area (TPSA) is 82.5 Å². The first kappa shape index (κ1) is 21.2. The molecule has 0 spiro atoms. The molecule has 0 atom stereocenters. The van der Waals surface area contributed by atoms with Crippen LogP contribution >= 0.6 is 11.6 Å². The Morgan fingerprint density at radius 2 is 1.81 bits per heavy atom. The molecule has 1 aliphatic rings. The molecule has 8 heteroatoms. The van der Waals surface area contributed by atoms with Crippen LogP contribution in [0, 0.1) is 0 Å². The first-order valence-corrected chi connectivity index (χ1v) is 10.7. The third-order valence-corrected chi connectivity index (χ3v) is 5.86. The van der Waals surface area contributed by atoms with Gasteiger partial charge in [-0.25, -0.2) is 4.98 Å². The van der Waals surface area contributed by atoms with Gasteiger partial charge in [0.15, 0.2) is 11.5 Å². The van der Waals surface area contributed by atoms with Gasteiger partial charge in [0.2, 0.25) is 0 Å². The van der Waals surface area contributed by atoms with Gasteiger partial charge in [-0.05, 0) is 31.0 Å². The summed E-state index contributed by atoms with van der Waals surface area (Å²) in [5.74, 6) is 1.36. The standard InChI is InChI=1S/C23H24ClN3O4/c1-30-19-12-16(24)18(13-20(19)31-2)26-22(28)14-8-9-15-17(11-14)25-21-7-5-3-4-6-10-27(21)23(15)29/h8-9,11-13H,3-7,10H2,1-2H3,(H,26,28). The number of halogens is 1. The second-order valence-electron chi connectivity index (χ2n) is 7.52. The quantitative estimate of drug-likeness (QED) is 0.647. The Morgan fingerprint density at radius 1 is 1.06 bits per heavy atom. The maximum absolute atomic E-state index is 13.0. The van der Waals surface area contributed by atoms with Crippen molar-refractivity contribution >= 4 is 34.1 Å². The first-order valence-electron chi connectivity index (χ1n) is 10.3. The van der Waals surface area contributed by atoms with Gasteiger partial charge in [-0.15, -0.1) is 0 Å². The lowest BCUT2D eigenvalue weighted by molar-refractivity contribution is 0.102. The van der Waals surface area contributed by atoms with Gasteiger partial charge in [-0.2, -0.15) is 0 Å². The fourth-order valence-electron chi connectivity index (χ4n) is 3.88. The van der Waals surface area contributed by atoms with Crippen LogP contribution in [-0.4, -0.2) is 29.7 Å². The van der Waals surface area contributed by atoms with Crippen LogP contribution in [0.1, 0.15) is 41.9 Å². The van der Waals surface area contributed by atoms with Gasteiger partial charge < -0.3 is 14.8 Å². The van der Waals surface area contributed by atoms with Crippen molar-refractivity contribution in [2.75, 3.05) is 19.5 Å². The highest BCUT2D eigenvalue weighted by molar-refractivity contribution is 6.34. The number of nitrogens with zero attached hydrogens (tertiary/aromatic N) is 2. The van der Waals surface area contributed by atoms with Gasteiger partial charge in [-0.3, -0.25) is 14.2 Å². The number of benzene rings is 2. The summed E-state index contributed by atoms with van der Waals surface area (Å²) in [6.07, 6.45) is 5.02. The summed E-state index contributed by atoms with van der Waals surface area (Å²) < 4.78 is 12.3. The maximum atomic E-state index is 13.0. The van der Waals surface area contributed by atoms with Crippen LogP contribution in [0.25, 0.3) is 10.9 Å². The van der Waals surface area contributed by atoms with Crippen LogP contribution in [0.15, 0.2) is 35.1 Å². The number of rotatable bonds is 4. The fraction of sp³-hybridized carbons (Fsp3) is 0.348. The lowest BCUT2D eigenvalue weighted by Crippen LogP contribution is -2.26. The maximum Gasteiger partial charge on any atom is 0.261 e. The van der Waals surface area contributed by atoms with Crippen molar-refractivity contribution in [1.29, 1.82) is 0 Å². The minimum Gasteiger partial charge on any atom is -0.493 e. The molecule has 0 bridgehead atoms. The molecule has 0 unspecified atom stereocenters. The van der Waals surface area contributed by atoms with E-state index in [4.69, 9.17) is 26.1 Å². The SMILES string of the molecule is COc1cc(Cl)c(NC(=O)c2ccc3c(=O)n4c(nc3c2)CCCCCC4)cc1OC.